The molecule has 150 valence electrons. The lowest BCUT2D eigenvalue weighted by Gasteiger charge is -2.60. The normalized spacial score (nSPS) is 48.8. The molecular weight excluding hydrogens is 342 g/mol. The molecule has 0 bridgehead atoms. The SMILES string of the molecule is CC(=O)O[C@H]1CC[C@@]2(C)[C@@H](CC[C@@H]3[C@@H]2CC[C@]2(C)C(=O)[C@@H](NC=O)C[C@@H]32)C1. The van der Waals surface area contributed by atoms with E-state index in [1.54, 1.807) is 0 Å². The van der Waals surface area contributed by atoms with Gasteiger partial charge in [-0.25, -0.2) is 0 Å². The standard InChI is InChI=1S/C22H33NO4/c1-13(25)27-15-6-8-21(2)14(10-15)4-5-16-17(21)7-9-22(3)18(16)11-19(20(22)26)23-12-24/h12,14-19H,4-11H2,1-3H3,(H,23,24)/t14-,15-,16+,17-,18-,19-,21-,22-/m0/s1. The molecule has 8 atom stereocenters. The summed E-state index contributed by atoms with van der Waals surface area (Å²) in [6.07, 6.45) is 9.06. The average molecular weight is 376 g/mol. The summed E-state index contributed by atoms with van der Waals surface area (Å²) in [6, 6.07) is -0.290. The zero-order valence-corrected chi connectivity index (χ0v) is 16.8. The van der Waals surface area contributed by atoms with Gasteiger partial charge in [0.2, 0.25) is 6.41 Å². The van der Waals surface area contributed by atoms with Gasteiger partial charge in [0.05, 0.1) is 6.04 Å². The number of carbonyl (C=O) groups excluding carboxylic acids is 3. The summed E-state index contributed by atoms with van der Waals surface area (Å²) >= 11 is 0. The fraction of sp³-hybridized carbons (Fsp3) is 0.864. The Morgan fingerprint density at radius 3 is 2.59 bits per heavy atom. The molecule has 4 rings (SSSR count). The van der Waals surface area contributed by atoms with E-state index < -0.39 is 0 Å². The van der Waals surface area contributed by atoms with Crippen molar-refractivity contribution in [2.24, 2.45) is 34.5 Å². The maximum Gasteiger partial charge on any atom is 0.302 e. The first-order chi connectivity index (χ1) is 12.8. The zero-order valence-electron chi connectivity index (χ0n) is 16.8. The lowest BCUT2D eigenvalue weighted by molar-refractivity contribution is -0.160. The molecule has 5 nitrogen and oxygen atoms in total. The molecule has 4 aliphatic rings. The molecule has 0 aromatic carbocycles. The molecule has 1 amide bonds. The van der Waals surface area contributed by atoms with E-state index in [-0.39, 0.29) is 29.3 Å². The van der Waals surface area contributed by atoms with Crippen molar-refractivity contribution in [1.29, 1.82) is 0 Å². The van der Waals surface area contributed by atoms with Crippen molar-refractivity contribution in [2.45, 2.75) is 84.3 Å². The van der Waals surface area contributed by atoms with Crippen molar-refractivity contribution in [3.63, 3.8) is 0 Å². The Kier molecular flexibility index (Phi) is 4.63. The maximum absolute atomic E-state index is 13.0. The Morgan fingerprint density at radius 2 is 1.89 bits per heavy atom. The number of hydrogen-bond donors (Lipinski definition) is 1. The smallest absolute Gasteiger partial charge is 0.302 e. The second-order valence-electron chi connectivity index (χ2n) is 10.1. The lowest BCUT2D eigenvalue weighted by Crippen LogP contribution is -2.54. The zero-order chi connectivity index (χ0) is 19.4. The van der Waals surface area contributed by atoms with Crippen LogP contribution in [0.2, 0.25) is 0 Å². The summed E-state index contributed by atoms with van der Waals surface area (Å²) < 4.78 is 5.54. The summed E-state index contributed by atoms with van der Waals surface area (Å²) in [4.78, 5) is 35.3. The fourth-order valence-corrected chi connectivity index (χ4v) is 7.61. The first kappa shape index (κ1) is 18.9. The topological polar surface area (TPSA) is 72.5 Å². The van der Waals surface area contributed by atoms with Crippen molar-refractivity contribution in [2.75, 3.05) is 0 Å². The highest BCUT2D eigenvalue weighted by Crippen LogP contribution is 2.65. The minimum atomic E-state index is -0.290. The van der Waals surface area contributed by atoms with Crippen LogP contribution in [0.3, 0.4) is 0 Å². The van der Waals surface area contributed by atoms with Crippen LogP contribution in [0.25, 0.3) is 0 Å². The predicted molar refractivity (Wildman–Crippen MR) is 101 cm³/mol. The number of rotatable bonds is 3. The van der Waals surface area contributed by atoms with Crippen LogP contribution in [0.4, 0.5) is 0 Å². The number of hydrogen-bond acceptors (Lipinski definition) is 4. The molecule has 27 heavy (non-hydrogen) atoms. The van der Waals surface area contributed by atoms with Gasteiger partial charge in [0.15, 0.2) is 5.78 Å². The molecule has 0 aromatic rings. The molecule has 4 saturated carbocycles. The fourth-order valence-electron chi connectivity index (χ4n) is 7.61. The van der Waals surface area contributed by atoms with Crippen molar-refractivity contribution >= 4 is 18.2 Å². The van der Waals surface area contributed by atoms with E-state index in [4.69, 9.17) is 4.74 Å². The van der Waals surface area contributed by atoms with Gasteiger partial charge in [-0.3, -0.25) is 14.4 Å². The van der Waals surface area contributed by atoms with Crippen molar-refractivity contribution < 1.29 is 19.1 Å². The highest BCUT2D eigenvalue weighted by molar-refractivity contribution is 5.93. The van der Waals surface area contributed by atoms with E-state index in [2.05, 4.69) is 19.2 Å². The largest absolute Gasteiger partial charge is 0.463 e. The van der Waals surface area contributed by atoms with Gasteiger partial charge in [-0.1, -0.05) is 13.8 Å². The van der Waals surface area contributed by atoms with Gasteiger partial charge in [-0.15, -0.1) is 0 Å². The Morgan fingerprint density at radius 1 is 1.11 bits per heavy atom. The summed E-state index contributed by atoms with van der Waals surface area (Å²) in [7, 11) is 0. The van der Waals surface area contributed by atoms with E-state index in [0.29, 0.717) is 35.5 Å². The molecule has 5 heteroatoms. The summed E-state index contributed by atoms with van der Waals surface area (Å²) in [5, 5.41) is 2.78. The third-order valence-corrected chi connectivity index (χ3v) is 8.98. The minimum absolute atomic E-state index is 0.0835. The highest BCUT2D eigenvalue weighted by Gasteiger charge is 2.62. The van der Waals surface area contributed by atoms with Crippen molar-refractivity contribution in [1.82, 2.24) is 5.32 Å². The summed E-state index contributed by atoms with van der Waals surface area (Å²) in [5.41, 5.74) is 0.0279. The van der Waals surface area contributed by atoms with Crippen LogP contribution >= 0.6 is 0 Å². The van der Waals surface area contributed by atoms with E-state index in [9.17, 15) is 14.4 Å². The number of esters is 1. The Bertz CT molecular complexity index is 648. The Labute approximate surface area is 162 Å². The first-order valence-corrected chi connectivity index (χ1v) is 10.7. The second-order valence-corrected chi connectivity index (χ2v) is 10.1. The van der Waals surface area contributed by atoms with Crippen LogP contribution in [-0.4, -0.2) is 30.3 Å². The average Bonchev–Trinajstić information content (AvgIpc) is 2.87. The van der Waals surface area contributed by atoms with E-state index in [1.807, 2.05) is 0 Å². The van der Waals surface area contributed by atoms with Crippen LogP contribution in [0.15, 0.2) is 0 Å². The molecule has 0 aromatic heterocycles. The van der Waals surface area contributed by atoms with Crippen molar-refractivity contribution in [3.05, 3.63) is 0 Å². The number of carbonyl (C=O) groups is 3. The van der Waals surface area contributed by atoms with Gasteiger partial charge >= 0.3 is 5.97 Å². The third kappa shape index (κ3) is 2.84. The molecule has 4 aliphatic carbocycles. The van der Waals surface area contributed by atoms with Gasteiger partial charge in [0.1, 0.15) is 6.10 Å². The summed E-state index contributed by atoms with van der Waals surface area (Å²) in [5.74, 6) is 2.33. The van der Waals surface area contributed by atoms with E-state index in [1.165, 1.54) is 19.8 Å². The number of nitrogens with one attached hydrogen (secondary N) is 1. The van der Waals surface area contributed by atoms with Crippen LogP contribution < -0.4 is 5.32 Å². The molecule has 0 aliphatic heterocycles. The van der Waals surface area contributed by atoms with Crippen molar-refractivity contribution in [3.8, 4) is 0 Å². The molecule has 0 spiro atoms. The number of amides is 1. The van der Waals surface area contributed by atoms with Gasteiger partial charge in [-0.2, -0.15) is 0 Å². The molecule has 1 N–H and O–H groups in total. The second kappa shape index (κ2) is 6.59. The van der Waals surface area contributed by atoms with E-state index in [0.717, 1.165) is 38.5 Å². The van der Waals surface area contributed by atoms with Crippen LogP contribution in [0, 0.1) is 34.5 Å². The molecule has 4 fully saturated rings. The quantitative estimate of drug-likeness (QED) is 0.607. The van der Waals surface area contributed by atoms with Crippen LogP contribution in [-0.2, 0) is 19.1 Å². The van der Waals surface area contributed by atoms with Crippen LogP contribution in [0.1, 0.15) is 72.1 Å². The number of fused-ring (bicyclic) bond motifs is 5. The molecule has 0 heterocycles. The van der Waals surface area contributed by atoms with Gasteiger partial charge in [0, 0.05) is 12.3 Å². The Balaban J connectivity index is 1.54. The third-order valence-electron chi connectivity index (χ3n) is 8.98. The van der Waals surface area contributed by atoms with Crippen LogP contribution in [0.5, 0.6) is 0 Å². The molecule has 0 unspecified atom stereocenters. The highest BCUT2D eigenvalue weighted by atomic mass is 16.5. The number of ketones is 1. The Hall–Kier alpha value is -1.39. The number of ether oxygens (including phenoxy) is 1. The van der Waals surface area contributed by atoms with Gasteiger partial charge in [-0.05, 0) is 80.5 Å². The summed E-state index contributed by atoms with van der Waals surface area (Å²) in [6.45, 7) is 6.11. The van der Waals surface area contributed by atoms with E-state index >= 15 is 0 Å². The first-order valence-electron chi connectivity index (χ1n) is 10.7. The molecular formula is C22H33NO4. The minimum Gasteiger partial charge on any atom is -0.463 e. The van der Waals surface area contributed by atoms with Gasteiger partial charge < -0.3 is 10.1 Å². The maximum atomic E-state index is 13.0. The molecule has 0 radical (unpaired) electrons. The molecule has 0 saturated heterocycles. The predicted octanol–water partition coefficient (Wildman–Crippen LogP) is 3.25. The van der Waals surface area contributed by atoms with Gasteiger partial charge in [0.25, 0.3) is 0 Å². The lowest BCUT2D eigenvalue weighted by atomic mass is 9.45. The number of Topliss-reactive ketones (excluding diaryl/α,β-unsaturated/α-hetero) is 1. The monoisotopic (exact) mass is 375 g/mol.